The summed E-state index contributed by atoms with van der Waals surface area (Å²) in [4.78, 5) is 13.8. The number of benzene rings is 2. The Morgan fingerprint density at radius 3 is 1.86 bits per heavy atom. The van der Waals surface area contributed by atoms with Crippen LogP contribution in [-0.2, 0) is 10.0 Å². The highest BCUT2D eigenvalue weighted by molar-refractivity contribution is 7.89. The molecule has 0 aliphatic heterocycles. The zero-order valence-electron chi connectivity index (χ0n) is 10.5. The van der Waals surface area contributed by atoms with Crippen molar-refractivity contribution in [2.24, 2.45) is 0 Å². The van der Waals surface area contributed by atoms with Gasteiger partial charge in [-0.3, -0.25) is 10.2 Å². The van der Waals surface area contributed by atoms with E-state index in [1.54, 1.807) is 0 Å². The van der Waals surface area contributed by atoms with Crippen molar-refractivity contribution in [3.8, 4) is 0 Å². The van der Waals surface area contributed by atoms with Crippen LogP contribution in [0.5, 0.6) is 0 Å². The summed E-state index contributed by atoms with van der Waals surface area (Å²) in [6, 6.07) is 11.6. The van der Waals surface area contributed by atoms with Crippen LogP contribution in [0.15, 0.2) is 53.4 Å². The van der Waals surface area contributed by atoms with Crippen LogP contribution in [0.1, 0.15) is 10.4 Å². The van der Waals surface area contributed by atoms with Gasteiger partial charge in [-0.2, -0.15) is 0 Å². The molecule has 0 bridgehead atoms. The summed E-state index contributed by atoms with van der Waals surface area (Å²) >= 11 is 11.4. The Bertz CT molecular complexity index is 744. The normalized spacial score (nSPS) is 11.1. The molecule has 0 aliphatic carbocycles. The van der Waals surface area contributed by atoms with Gasteiger partial charge in [0.2, 0.25) is 0 Å². The summed E-state index contributed by atoms with van der Waals surface area (Å²) < 4.78 is 23.9. The largest absolute Gasteiger partial charge is 0.273 e. The van der Waals surface area contributed by atoms with E-state index in [0.29, 0.717) is 10.0 Å². The molecule has 2 N–H and O–H groups in total. The van der Waals surface area contributed by atoms with E-state index in [9.17, 15) is 13.2 Å². The van der Waals surface area contributed by atoms with E-state index >= 15 is 0 Å². The summed E-state index contributed by atoms with van der Waals surface area (Å²) in [5.74, 6) is -0.593. The predicted octanol–water partition coefficient (Wildman–Crippen LogP) is 2.62. The minimum absolute atomic E-state index is 0.0108. The molecule has 0 atom stereocenters. The van der Waals surface area contributed by atoms with Crippen LogP contribution in [0, 0.1) is 0 Å². The third-order valence-electron chi connectivity index (χ3n) is 2.53. The van der Waals surface area contributed by atoms with E-state index in [1.807, 2.05) is 4.83 Å². The smallest absolute Gasteiger partial charge is 0.266 e. The highest BCUT2D eigenvalue weighted by Gasteiger charge is 2.15. The first-order valence-corrected chi connectivity index (χ1v) is 7.96. The van der Waals surface area contributed by atoms with Gasteiger partial charge in [-0.25, -0.2) is 8.42 Å². The van der Waals surface area contributed by atoms with Crippen LogP contribution < -0.4 is 10.3 Å². The number of hydrogen-bond donors (Lipinski definition) is 2. The molecule has 0 saturated heterocycles. The van der Waals surface area contributed by atoms with Gasteiger partial charge in [0.1, 0.15) is 0 Å². The standard InChI is InChI=1S/C13H10Cl2N2O3S/c14-10-3-1-9(2-4-10)13(18)16-17-21(19,20)12-7-5-11(15)6-8-12/h1-8,17H,(H,16,18). The highest BCUT2D eigenvalue weighted by Crippen LogP contribution is 2.13. The predicted molar refractivity (Wildman–Crippen MR) is 80.7 cm³/mol. The van der Waals surface area contributed by atoms with E-state index in [0.717, 1.165) is 0 Å². The van der Waals surface area contributed by atoms with Crippen molar-refractivity contribution in [3.63, 3.8) is 0 Å². The lowest BCUT2D eigenvalue weighted by atomic mass is 10.2. The molecule has 0 radical (unpaired) electrons. The van der Waals surface area contributed by atoms with Gasteiger partial charge < -0.3 is 0 Å². The Morgan fingerprint density at radius 1 is 0.857 bits per heavy atom. The number of halogens is 2. The second-order valence-corrected chi connectivity index (χ2v) is 6.58. The number of amides is 1. The van der Waals surface area contributed by atoms with Crippen LogP contribution in [0.25, 0.3) is 0 Å². The first-order valence-electron chi connectivity index (χ1n) is 5.72. The molecule has 0 aromatic heterocycles. The average Bonchev–Trinajstić information content (AvgIpc) is 2.46. The van der Waals surface area contributed by atoms with E-state index in [4.69, 9.17) is 23.2 Å². The summed E-state index contributed by atoms with van der Waals surface area (Å²) in [6.45, 7) is 0. The van der Waals surface area contributed by atoms with Crippen LogP contribution in [0.4, 0.5) is 0 Å². The lowest BCUT2D eigenvalue weighted by molar-refractivity contribution is 0.0945. The zero-order chi connectivity index (χ0) is 15.5. The molecule has 110 valence electrons. The van der Waals surface area contributed by atoms with Gasteiger partial charge in [-0.05, 0) is 48.5 Å². The molecule has 2 aromatic rings. The number of hydrogen-bond acceptors (Lipinski definition) is 3. The fourth-order valence-electron chi connectivity index (χ4n) is 1.46. The minimum Gasteiger partial charge on any atom is -0.273 e. The zero-order valence-corrected chi connectivity index (χ0v) is 12.8. The molecule has 21 heavy (non-hydrogen) atoms. The molecule has 2 aromatic carbocycles. The van der Waals surface area contributed by atoms with Gasteiger partial charge in [0.25, 0.3) is 15.9 Å². The number of carbonyl (C=O) groups excluding carboxylic acids is 1. The SMILES string of the molecule is O=C(NNS(=O)(=O)c1ccc(Cl)cc1)c1ccc(Cl)cc1. The van der Waals surface area contributed by atoms with Gasteiger partial charge in [0.15, 0.2) is 0 Å². The molecular weight excluding hydrogens is 335 g/mol. The van der Waals surface area contributed by atoms with E-state index < -0.39 is 15.9 Å². The average molecular weight is 345 g/mol. The topological polar surface area (TPSA) is 75.3 Å². The van der Waals surface area contributed by atoms with Crippen molar-refractivity contribution in [1.29, 1.82) is 0 Å². The Balaban J connectivity index is 2.06. The number of nitrogens with one attached hydrogen (secondary N) is 2. The van der Waals surface area contributed by atoms with E-state index in [2.05, 4.69) is 5.43 Å². The molecule has 0 fully saturated rings. The van der Waals surface area contributed by atoms with Crippen molar-refractivity contribution in [2.45, 2.75) is 4.90 Å². The summed E-state index contributed by atoms with van der Waals surface area (Å²) in [6.07, 6.45) is 0. The van der Waals surface area contributed by atoms with Gasteiger partial charge in [-0.15, -0.1) is 4.83 Å². The quantitative estimate of drug-likeness (QED) is 0.837. The van der Waals surface area contributed by atoms with Crippen molar-refractivity contribution in [2.75, 3.05) is 0 Å². The number of carbonyl (C=O) groups is 1. The first kappa shape index (κ1) is 15.8. The van der Waals surface area contributed by atoms with Gasteiger partial charge in [0, 0.05) is 15.6 Å². The lowest BCUT2D eigenvalue weighted by Crippen LogP contribution is -2.41. The maximum atomic E-state index is 11.9. The maximum Gasteiger partial charge on any atom is 0.266 e. The molecule has 0 saturated carbocycles. The molecule has 5 nitrogen and oxygen atoms in total. The second kappa shape index (κ2) is 6.44. The number of hydrazine groups is 1. The number of rotatable bonds is 4. The van der Waals surface area contributed by atoms with Crippen LogP contribution in [-0.4, -0.2) is 14.3 Å². The van der Waals surface area contributed by atoms with Crippen LogP contribution >= 0.6 is 23.2 Å². The Hall–Kier alpha value is -1.60. The monoisotopic (exact) mass is 344 g/mol. The molecule has 1 amide bonds. The van der Waals surface area contributed by atoms with Crippen LogP contribution in [0.2, 0.25) is 10.0 Å². The summed E-state index contributed by atoms with van der Waals surface area (Å²) in [7, 11) is -3.85. The van der Waals surface area contributed by atoms with Crippen LogP contribution in [0.3, 0.4) is 0 Å². The van der Waals surface area contributed by atoms with Crippen molar-refractivity contribution >= 4 is 39.1 Å². The maximum absolute atomic E-state index is 11.9. The van der Waals surface area contributed by atoms with Crippen molar-refractivity contribution < 1.29 is 13.2 Å². The molecule has 8 heteroatoms. The van der Waals surface area contributed by atoms with Gasteiger partial charge >= 0.3 is 0 Å². The minimum atomic E-state index is -3.85. The summed E-state index contributed by atoms with van der Waals surface area (Å²) in [5, 5.41) is 0.896. The third kappa shape index (κ3) is 4.18. The Labute approximate surface area is 131 Å². The van der Waals surface area contributed by atoms with E-state index in [1.165, 1.54) is 48.5 Å². The lowest BCUT2D eigenvalue weighted by Gasteiger charge is -2.08. The van der Waals surface area contributed by atoms with Gasteiger partial charge in [0.05, 0.1) is 4.90 Å². The molecule has 0 spiro atoms. The Kier molecular flexibility index (Phi) is 4.84. The van der Waals surface area contributed by atoms with Crippen molar-refractivity contribution in [1.82, 2.24) is 10.3 Å². The van der Waals surface area contributed by atoms with Gasteiger partial charge in [-0.1, -0.05) is 23.2 Å². The summed E-state index contributed by atoms with van der Waals surface area (Å²) in [5.41, 5.74) is 2.39. The molecule has 0 heterocycles. The fraction of sp³-hybridized carbons (Fsp3) is 0. The Morgan fingerprint density at radius 2 is 1.33 bits per heavy atom. The third-order valence-corrected chi connectivity index (χ3v) is 4.30. The van der Waals surface area contributed by atoms with E-state index in [-0.39, 0.29) is 10.5 Å². The fourth-order valence-corrected chi connectivity index (χ4v) is 2.55. The molecular formula is C13H10Cl2N2O3S. The first-order chi connectivity index (χ1) is 9.88. The molecule has 2 rings (SSSR count). The number of sulfonamides is 1. The molecule has 0 aliphatic rings. The highest BCUT2D eigenvalue weighted by atomic mass is 35.5. The van der Waals surface area contributed by atoms with Crippen molar-refractivity contribution in [3.05, 3.63) is 64.1 Å². The second-order valence-electron chi connectivity index (χ2n) is 4.02. The molecule has 0 unspecified atom stereocenters.